The van der Waals surface area contributed by atoms with Crippen molar-refractivity contribution in [1.82, 2.24) is 23.6 Å². The number of hydrogen-bond donors (Lipinski definition) is 0. The van der Waals surface area contributed by atoms with E-state index in [0.717, 1.165) is 38.3 Å². The molecule has 0 saturated carbocycles. The van der Waals surface area contributed by atoms with Crippen molar-refractivity contribution in [2.75, 3.05) is 6.54 Å². The van der Waals surface area contributed by atoms with E-state index in [1.54, 1.807) is 14.1 Å². The Labute approximate surface area is 186 Å². The molecule has 0 bridgehead atoms. The molecule has 1 aliphatic rings. The van der Waals surface area contributed by atoms with Gasteiger partial charge in [0.1, 0.15) is 5.82 Å². The van der Waals surface area contributed by atoms with Crippen molar-refractivity contribution in [3.63, 3.8) is 0 Å². The molecule has 3 heterocycles. The highest BCUT2D eigenvalue weighted by Gasteiger charge is 2.24. The number of aromatic nitrogens is 4. The van der Waals surface area contributed by atoms with Crippen LogP contribution >= 0.6 is 0 Å². The molecular formula is C24H41N5O2. The Hall–Kier alpha value is -1.89. The number of likely N-dealkylation sites (tertiary alicyclic amines) is 1. The van der Waals surface area contributed by atoms with Gasteiger partial charge >= 0.3 is 5.69 Å². The monoisotopic (exact) mass is 431 g/mol. The Balaban J connectivity index is 1.80. The number of aryl methyl sites for hydroxylation is 2. The first-order valence-corrected chi connectivity index (χ1v) is 12.3. The maximum Gasteiger partial charge on any atom is 0.332 e. The molecule has 0 radical (unpaired) electrons. The Kier molecular flexibility index (Phi) is 8.52. The summed E-state index contributed by atoms with van der Waals surface area (Å²) in [5.41, 5.74) is 0.551. The topological polar surface area (TPSA) is 65.1 Å². The van der Waals surface area contributed by atoms with E-state index in [1.807, 2.05) is 0 Å². The van der Waals surface area contributed by atoms with Gasteiger partial charge in [0.05, 0.1) is 6.54 Å². The summed E-state index contributed by atoms with van der Waals surface area (Å²) in [5.74, 6) is 0.921. The summed E-state index contributed by atoms with van der Waals surface area (Å²) in [5, 5.41) is 0. The number of piperidine rings is 1. The highest BCUT2D eigenvalue weighted by Crippen LogP contribution is 2.21. The van der Waals surface area contributed by atoms with Gasteiger partial charge in [-0.25, -0.2) is 9.78 Å². The van der Waals surface area contributed by atoms with Crippen LogP contribution in [-0.4, -0.2) is 36.2 Å². The van der Waals surface area contributed by atoms with Crippen molar-refractivity contribution in [1.29, 1.82) is 0 Å². The lowest BCUT2D eigenvalue weighted by Gasteiger charge is -2.33. The molecule has 3 rings (SSSR count). The summed E-state index contributed by atoms with van der Waals surface area (Å²) in [6.07, 6.45) is 13.7. The van der Waals surface area contributed by atoms with Crippen molar-refractivity contribution < 1.29 is 0 Å². The average Bonchev–Trinajstić information content (AvgIpc) is 3.12. The zero-order valence-electron chi connectivity index (χ0n) is 20.0. The third-order valence-electron chi connectivity index (χ3n) is 6.95. The fourth-order valence-electron chi connectivity index (χ4n) is 4.83. The average molecular weight is 432 g/mol. The minimum atomic E-state index is -0.313. The summed E-state index contributed by atoms with van der Waals surface area (Å²) < 4.78 is 4.83. The molecular weight excluding hydrogens is 390 g/mol. The van der Waals surface area contributed by atoms with Gasteiger partial charge in [-0.15, -0.1) is 0 Å². The molecule has 0 spiro atoms. The van der Waals surface area contributed by atoms with E-state index < -0.39 is 0 Å². The minimum absolute atomic E-state index is 0.233. The quantitative estimate of drug-likeness (QED) is 0.505. The number of unbranched alkanes of at least 4 members (excludes halogenated alkanes) is 7. The van der Waals surface area contributed by atoms with E-state index in [9.17, 15) is 9.59 Å². The Bertz CT molecular complexity index is 971. The number of hydrogen-bond acceptors (Lipinski definition) is 4. The zero-order valence-corrected chi connectivity index (χ0v) is 20.0. The van der Waals surface area contributed by atoms with E-state index in [2.05, 4.69) is 23.3 Å². The van der Waals surface area contributed by atoms with Gasteiger partial charge in [0.25, 0.3) is 5.56 Å². The fourth-order valence-corrected chi connectivity index (χ4v) is 4.83. The fraction of sp³-hybridized carbons (Fsp3) is 0.792. The van der Waals surface area contributed by atoms with Gasteiger partial charge in [-0.05, 0) is 32.7 Å². The molecule has 0 aromatic carbocycles. The molecule has 7 heteroatoms. The van der Waals surface area contributed by atoms with Crippen LogP contribution in [0.4, 0.5) is 0 Å². The maximum absolute atomic E-state index is 13.0. The van der Waals surface area contributed by atoms with Gasteiger partial charge in [0.2, 0.25) is 0 Å². The lowest BCUT2D eigenvalue weighted by Crippen LogP contribution is -2.38. The van der Waals surface area contributed by atoms with Crippen LogP contribution in [0.1, 0.15) is 90.3 Å². The standard InChI is InChI=1S/C24H41N5O2/c1-5-6-7-8-9-10-11-13-17-29-20(18-28-16-14-12-15-19(28)2)25-22-21(29)23(30)27(4)24(31)26(22)3/h19H,5-18H2,1-4H3/t19-/m1/s1. The van der Waals surface area contributed by atoms with E-state index in [-0.39, 0.29) is 11.2 Å². The molecule has 1 saturated heterocycles. The van der Waals surface area contributed by atoms with Gasteiger partial charge in [0.15, 0.2) is 11.2 Å². The first-order chi connectivity index (χ1) is 15.0. The van der Waals surface area contributed by atoms with Gasteiger partial charge in [-0.3, -0.25) is 18.8 Å². The summed E-state index contributed by atoms with van der Waals surface area (Å²) in [6.45, 7) is 7.12. The first kappa shape index (κ1) is 23.8. The lowest BCUT2D eigenvalue weighted by molar-refractivity contribution is 0.147. The predicted molar refractivity (Wildman–Crippen MR) is 127 cm³/mol. The van der Waals surface area contributed by atoms with Crippen LogP contribution in [0.3, 0.4) is 0 Å². The zero-order chi connectivity index (χ0) is 22.4. The molecule has 0 amide bonds. The smallest absolute Gasteiger partial charge is 0.321 e. The van der Waals surface area contributed by atoms with E-state index in [0.29, 0.717) is 17.2 Å². The lowest BCUT2D eigenvalue weighted by atomic mass is 10.0. The van der Waals surface area contributed by atoms with E-state index in [1.165, 1.54) is 66.9 Å². The summed E-state index contributed by atoms with van der Waals surface area (Å²) in [6, 6.07) is 0.525. The van der Waals surface area contributed by atoms with Crippen LogP contribution in [0.15, 0.2) is 9.59 Å². The molecule has 174 valence electrons. The third-order valence-corrected chi connectivity index (χ3v) is 6.95. The second kappa shape index (κ2) is 11.1. The molecule has 7 nitrogen and oxygen atoms in total. The molecule has 1 fully saturated rings. The highest BCUT2D eigenvalue weighted by atomic mass is 16.2. The normalized spacial score (nSPS) is 17.6. The van der Waals surface area contributed by atoms with Crippen LogP contribution in [0, 0.1) is 0 Å². The second-order valence-corrected chi connectivity index (χ2v) is 9.35. The maximum atomic E-state index is 13.0. The molecule has 0 aliphatic carbocycles. The number of fused-ring (bicyclic) bond motifs is 1. The number of imidazole rings is 1. The molecule has 0 unspecified atom stereocenters. The van der Waals surface area contributed by atoms with Crippen molar-refractivity contribution >= 4 is 11.2 Å². The molecule has 2 aromatic heterocycles. The van der Waals surface area contributed by atoms with Crippen molar-refractivity contribution in [2.45, 2.75) is 104 Å². The van der Waals surface area contributed by atoms with Gasteiger partial charge in [-0.2, -0.15) is 0 Å². The Morgan fingerprint density at radius 2 is 1.61 bits per heavy atom. The Morgan fingerprint density at radius 3 is 2.29 bits per heavy atom. The first-order valence-electron chi connectivity index (χ1n) is 12.3. The summed E-state index contributed by atoms with van der Waals surface area (Å²) in [4.78, 5) is 32.7. The van der Waals surface area contributed by atoms with Crippen LogP contribution in [0.25, 0.3) is 11.2 Å². The van der Waals surface area contributed by atoms with Crippen LogP contribution in [-0.2, 0) is 27.2 Å². The van der Waals surface area contributed by atoms with Gasteiger partial charge in [-0.1, -0.05) is 58.3 Å². The number of nitrogens with zero attached hydrogens (tertiary/aromatic N) is 5. The number of rotatable bonds is 11. The van der Waals surface area contributed by atoms with Crippen LogP contribution in [0.5, 0.6) is 0 Å². The van der Waals surface area contributed by atoms with E-state index in [4.69, 9.17) is 4.98 Å². The van der Waals surface area contributed by atoms with E-state index >= 15 is 0 Å². The largest absolute Gasteiger partial charge is 0.332 e. The molecule has 1 atom stereocenters. The second-order valence-electron chi connectivity index (χ2n) is 9.35. The van der Waals surface area contributed by atoms with Crippen LogP contribution < -0.4 is 11.2 Å². The summed E-state index contributed by atoms with van der Waals surface area (Å²) >= 11 is 0. The van der Waals surface area contributed by atoms with Gasteiger partial charge < -0.3 is 4.57 Å². The molecule has 1 aliphatic heterocycles. The minimum Gasteiger partial charge on any atom is -0.321 e. The van der Waals surface area contributed by atoms with Crippen molar-refractivity contribution in [3.05, 3.63) is 26.7 Å². The van der Waals surface area contributed by atoms with Crippen LogP contribution in [0.2, 0.25) is 0 Å². The molecule has 2 aromatic rings. The Morgan fingerprint density at radius 1 is 0.935 bits per heavy atom. The molecule has 31 heavy (non-hydrogen) atoms. The van der Waals surface area contributed by atoms with Crippen molar-refractivity contribution in [2.24, 2.45) is 14.1 Å². The van der Waals surface area contributed by atoms with Crippen molar-refractivity contribution in [3.8, 4) is 0 Å². The predicted octanol–water partition coefficient (Wildman–Crippen LogP) is 3.95. The third kappa shape index (κ3) is 5.48. The summed E-state index contributed by atoms with van der Waals surface area (Å²) in [7, 11) is 3.27. The highest BCUT2D eigenvalue weighted by molar-refractivity contribution is 5.71. The molecule has 0 N–H and O–H groups in total. The van der Waals surface area contributed by atoms with Gasteiger partial charge in [0, 0.05) is 26.7 Å². The SMILES string of the molecule is CCCCCCCCCCn1c(CN2CCCC[C@H]2C)nc2c1c(=O)n(C)c(=O)n2C.